The summed E-state index contributed by atoms with van der Waals surface area (Å²) in [5, 5.41) is 0. The van der Waals surface area contributed by atoms with Crippen molar-refractivity contribution in [3.8, 4) is 0 Å². The van der Waals surface area contributed by atoms with Gasteiger partial charge in [0.2, 0.25) is 5.96 Å². The van der Waals surface area contributed by atoms with Crippen LogP contribution in [0, 0.1) is 0 Å². The Labute approximate surface area is 123 Å². The molecule has 20 heavy (non-hydrogen) atoms. The van der Waals surface area contributed by atoms with Crippen molar-refractivity contribution in [2.45, 2.75) is 0 Å². The van der Waals surface area contributed by atoms with E-state index >= 15 is 0 Å². The average molecular weight is 299 g/mol. The van der Waals surface area contributed by atoms with E-state index in [0.717, 1.165) is 32.0 Å². The van der Waals surface area contributed by atoms with E-state index in [9.17, 15) is 0 Å². The standard InChI is InChI=1S/C12H18N6O.ClH/c13-11(14)17-12(15)16-9-1-3-10(4-2-9)18-5-7-19-8-6-18;/h1-4H,5-8H2,(H6,13,14,15,16,17);1H. The highest BCUT2D eigenvalue weighted by Gasteiger charge is 2.10. The number of ether oxygens (including phenoxy) is 1. The summed E-state index contributed by atoms with van der Waals surface area (Å²) >= 11 is 0. The molecule has 1 aromatic carbocycles. The number of nitrogens with two attached hydrogens (primary N) is 3. The number of anilines is 1. The molecule has 0 aliphatic carbocycles. The van der Waals surface area contributed by atoms with Crippen LogP contribution in [0.15, 0.2) is 34.3 Å². The average Bonchev–Trinajstić information content (AvgIpc) is 2.39. The van der Waals surface area contributed by atoms with E-state index in [1.54, 1.807) is 0 Å². The predicted molar refractivity (Wildman–Crippen MR) is 83.8 cm³/mol. The maximum absolute atomic E-state index is 5.56. The van der Waals surface area contributed by atoms with Crippen LogP contribution in [0.3, 0.4) is 0 Å². The van der Waals surface area contributed by atoms with Crippen LogP contribution in [0.4, 0.5) is 11.4 Å². The van der Waals surface area contributed by atoms with E-state index in [0.29, 0.717) is 5.69 Å². The molecule has 1 saturated heterocycles. The number of guanidine groups is 2. The Bertz CT molecular complexity index is 477. The van der Waals surface area contributed by atoms with Gasteiger partial charge in [0.05, 0.1) is 18.9 Å². The minimum atomic E-state index is -0.105. The van der Waals surface area contributed by atoms with Crippen molar-refractivity contribution in [3.05, 3.63) is 24.3 Å². The van der Waals surface area contributed by atoms with Gasteiger partial charge in [0.1, 0.15) is 0 Å². The SMILES string of the molecule is Cl.NC(N)=NC(N)=Nc1ccc(N2CCOCC2)cc1. The van der Waals surface area contributed by atoms with Gasteiger partial charge >= 0.3 is 0 Å². The maximum atomic E-state index is 5.56. The van der Waals surface area contributed by atoms with Crippen LogP contribution in [0.1, 0.15) is 0 Å². The second kappa shape index (κ2) is 7.56. The fourth-order valence-corrected chi connectivity index (χ4v) is 1.85. The van der Waals surface area contributed by atoms with E-state index in [1.165, 1.54) is 0 Å². The first kappa shape index (κ1) is 16.1. The summed E-state index contributed by atoms with van der Waals surface area (Å²) in [6.45, 7) is 3.33. The van der Waals surface area contributed by atoms with Crippen molar-refractivity contribution >= 4 is 35.7 Å². The summed E-state index contributed by atoms with van der Waals surface area (Å²) in [7, 11) is 0. The Morgan fingerprint density at radius 3 is 2.20 bits per heavy atom. The van der Waals surface area contributed by atoms with E-state index < -0.39 is 0 Å². The molecule has 0 atom stereocenters. The molecule has 6 N–H and O–H groups in total. The highest BCUT2D eigenvalue weighted by atomic mass is 35.5. The minimum Gasteiger partial charge on any atom is -0.378 e. The molecule has 0 aromatic heterocycles. The lowest BCUT2D eigenvalue weighted by molar-refractivity contribution is 0.122. The lowest BCUT2D eigenvalue weighted by atomic mass is 10.2. The number of rotatable bonds is 2. The molecule has 8 heteroatoms. The molecule has 0 bridgehead atoms. The zero-order chi connectivity index (χ0) is 13.7. The van der Waals surface area contributed by atoms with Crippen LogP contribution in [0.2, 0.25) is 0 Å². The van der Waals surface area contributed by atoms with Crippen LogP contribution in [0.25, 0.3) is 0 Å². The predicted octanol–water partition coefficient (Wildman–Crippen LogP) is 0.165. The molecule has 1 aliphatic heterocycles. The number of halogens is 1. The van der Waals surface area contributed by atoms with Gasteiger partial charge in [-0.1, -0.05) is 0 Å². The third kappa shape index (κ3) is 4.60. The monoisotopic (exact) mass is 298 g/mol. The van der Waals surface area contributed by atoms with Crippen molar-refractivity contribution in [1.82, 2.24) is 0 Å². The highest BCUT2D eigenvalue weighted by Crippen LogP contribution is 2.20. The number of hydrogen-bond donors (Lipinski definition) is 3. The van der Waals surface area contributed by atoms with Crippen molar-refractivity contribution in [2.75, 3.05) is 31.2 Å². The number of benzene rings is 1. The van der Waals surface area contributed by atoms with Gasteiger partial charge in [0, 0.05) is 18.8 Å². The minimum absolute atomic E-state index is 0. The highest BCUT2D eigenvalue weighted by molar-refractivity contribution is 5.93. The van der Waals surface area contributed by atoms with E-state index in [4.69, 9.17) is 21.9 Å². The smallest absolute Gasteiger partial charge is 0.223 e. The Morgan fingerprint density at radius 1 is 1.05 bits per heavy atom. The largest absolute Gasteiger partial charge is 0.378 e. The van der Waals surface area contributed by atoms with Crippen molar-refractivity contribution in [3.63, 3.8) is 0 Å². The molecule has 0 amide bonds. The fourth-order valence-electron chi connectivity index (χ4n) is 1.85. The first-order chi connectivity index (χ1) is 9.15. The quantitative estimate of drug-likeness (QED) is 0.531. The zero-order valence-electron chi connectivity index (χ0n) is 11.0. The summed E-state index contributed by atoms with van der Waals surface area (Å²) in [5.74, 6) is -0.0645. The van der Waals surface area contributed by atoms with Gasteiger partial charge in [-0.05, 0) is 24.3 Å². The molecule has 0 radical (unpaired) electrons. The first-order valence-corrected chi connectivity index (χ1v) is 6.02. The Morgan fingerprint density at radius 2 is 1.65 bits per heavy atom. The number of nitrogens with zero attached hydrogens (tertiary/aromatic N) is 3. The summed E-state index contributed by atoms with van der Waals surface area (Å²) in [5.41, 5.74) is 17.8. The first-order valence-electron chi connectivity index (χ1n) is 6.02. The second-order valence-electron chi connectivity index (χ2n) is 4.12. The van der Waals surface area contributed by atoms with Crippen LogP contribution in [-0.4, -0.2) is 38.2 Å². The van der Waals surface area contributed by atoms with Gasteiger partial charge in [0.25, 0.3) is 0 Å². The van der Waals surface area contributed by atoms with Crippen LogP contribution in [-0.2, 0) is 4.74 Å². The number of aliphatic imine (C=N–C) groups is 2. The summed E-state index contributed by atoms with van der Waals surface area (Å²) in [4.78, 5) is 10.0. The maximum Gasteiger partial charge on any atom is 0.223 e. The van der Waals surface area contributed by atoms with E-state index in [2.05, 4.69) is 14.9 Å². The van der Waals surface area contributed by atoms with Gasteiger partial charge < -0.3 is 26.8 Å². The third-order valence-corrected chi connectivity index (χ3v) is 2.71. The third-order valence-electron chi connectivity index (χ3n) is 2.71. The molecular weight excluding hydrogens is 280 g/mol. The number of morpholine rings is 1. The summed E-state index contributed by atoms with van der Waals surface area (Å²) in [6, 6.07) is 7.74. The molecule has 7 nitrogen and oxygen atoms in total. The van der Waals surface area contributed by atoms with Crippen molar-refractivity contribution < 1.29 is 4.74 Å². The molecule has 1 aromatic rings. The van der Waals surface area contributed by atoms with E-state index in [-0.39, 0.29) is 24.3 Å². The molecular formula is C12H19ClN6O. The molecule has 0 saturated carbocycles. The van der Waals surface area contributed by atoms with Gasteiger partial charge in [-0.3, -0.25) is 0 Å². The number of hydrogen-bond acceptors (Lipinski definition) is 3. The lowest BCUT2D eigenvalue weighted by Crippen LogP contribution is -2.36. The second-order valence-corrected chi connectivity index (χ2v) is 4.12. The van der Waals surface area contributed by atoms with Gasteiger partial charge in [-0.2, -0.15) is 4.99 Å². The van der Waals surface area contributed by atoms with Gasteiger partial charge in [-0.25, -0.2) is 4.99 Å². The topological polar surface area (TPSA) is 115 Å². The Hall–Kier alpha value is -1.99. The van der Waals surface area contributed by atoms with Crippen LogP contribution < -0.4 is 22.1 Å². The van der Waals surface area contributed by atoms with Crippen LogP contribution >= 0.6 is 12.4 Å². The molecule has 1 aliphatic rings. The summed E-state index contributed by atoms with van der Waals surface area (Å²) in [6.07, 6.45) is 0. The molecule has 1 heterocycles. The normalized spacial score (nSPS) is 15.4. The van der Waals surface area contributed by atoms with Crippen molar-refractivity contribution in [1.29, 1.82) is 0 Å². The molecule has 0 spiro atoms. The molecule has 110 valence electrons. The van der Waals surface area contributed by atoms with Crippen LogP contribution in [0.5, 0.6) is 0 Å². The van der Waals surface area contributed by atoms with E-state index in [1.807, 2.05) is 24.3 Å². The molecule has 0 unspecified atom stereocenters. The van der Waals surface area contributed by atoms with Crippen molar-refractivity contribution in [2.24, 2.45) is 27.2 Å². The lowest BCUT2D eigenvalue weighted by Gasteiger charge is -2.28. The Kier molecular flexibility index (Phi) is 6.08. The van der Waals surface area contributed by atoms with Gasteiger partial charge in [0.15, 0.2) is 5.96 Å². The van der Waals surface area contributed by atoms with Gasteiger partial charge in [-0.15, -0.1) is 12.4 Å². The Balaban J connectivity index is 0.00000200. The molecule has 2 rings (SSSR count). The molecule has 1 fully saturated rings. The summed E-state index contributed by atoms with van der Waals surface area (Å²) < 4.78 is 5.32. The fraction of sp³-hybridized carbons (Fsp3) is 0.333. The zero-order valence-corrected chi connectivity index (χ0v) is 11.8.